The first-order chi connectivity index (χ1) is 8.87. The minimum atomic E-state index is -3.44. The monoisotopic (exact) mass is 282 g/mol. The molecule has 2 atom stereocenters. The third-order valence-corrected chi connectivity index (χ3v) is 6.07. The highest BCUT2D eigenvalue weighted by atomic mass is 32.2. The summed E-state index contributed by atoms with van der Waals surface area (Å²) in [5.74, 6) is 0. The molecule has 5 heteroatoms. The number of nitrogen functional groups attached to an aromatic ring is 1. The van der Waals surface area contributed by atoms with E-state index in [0.717, 1.165) is 24.8 Å². The Labute approximate surface area is 115 Å². The molecule has 1 aromatic rings. The van der Waals surface area contributed by atoms with Crippen LogP contribution in [0.1, 0.15) is 38.7 Å². The van der Waals surface area contributed by atoms with Crippen LogP contribution in [0.4, 0.5) is 5.69 Å². The quantitative estimate of drug-likeness (QED) is 0.866. The highest BCUT2D eigenvalue weighted by Crippen LogP contribution is 2.33. The number of aryl methyl sites for hydroxylation is 1. The molecule has 0 radical (unpaired) electrons. The van der Waals surface area contributed by atoms with E-state index in [1.54, 1.807) is 22.5 Å². The summed E-state index contributed by atoms with van der Waals surface area (Å²) in [7, 11) is -3.44. The predicted octanol–water partition coefficient (Wildman–Crippen LogP) is 2.53. The molecule has 2 unspecified atom stereocenters. The average molecular weight is 282 g/mol. The fourth-order valence-electron chi connectivity index (χ4n) is 2.77. The van der Waals surface area contributed by atoms with Crippen LogP contribution in [0, 0.1) is 6.92 Å². The van der Waals surface area contributed by atoms with Gasteiger partial charge in [-0.3, -0.25) is 0 Å². The number of rotatable bonds is 3. The maximum Gasteiger partial charge on any atom is 0.243 e. The molecule has 0 spiro atoms. The fraction of sp³-hybridized carbons (Fsp3) is 0.571. The van der Waals surface area contributed by atoms with Gasteiger partial charge >= 0.3 is 0 Å². The SMILES string of the molecule is CCC1CCC(C)N1S(=O)(=O)c1ccc(C)c(N)c1. The number of hydrogen-bond acceptors (Lipinski definition) is 3. The summed E-state index contributed by atoms with van der Waals surface area (Å²) < 4.78 is 27.2. The molecule has 1 aliphatic rings. The molecule has 4 nitrogen and oxygen atoms in total. The van der Waals surface area contributed by atoms with Gasteiger partial charge in [-0.1, -0.05) is 13.0 Å². The van der Waals surface area contributed by atoms with Crippen molar-refractivity contribution in [3.63, 3.8) is 0 Å². The Hall–Kier alpha value is -1.07. The van der Waals surface area contributed by atoms with Crippen molar-refractivity contribution >= 4 is 15.7 Å². The molecule has 0 aliphatic carbocycles. The molecule has 19 heavy (non-hydrogen) atoms. The first kappa shape index (κ1) is 14.3. The van der Waals surface area contributed by atoms with E-state index in [2.05, 4.69) is 0 Å². The van der Waals surface area contributed by atoms with Crippen LogP contribution in [0.25, 0.3) is 0 Å². The molecule has 0 amide bonds. The van der Waals surface area contributed by atoms with Crippen LogP contribution < -0.4 is 5.73 Å². The molecule has 1 aliphatic heterocycles. The number of nitrogens with zero attached hydrogens (tertiary/aromatic N) is 1. The van der Waals surface area contributed by atoms with Gasteiger partial charge in [0.05, 0.1) is 4.90 Å². The minimum Gasteiger partial charge on any atom is -0.398 e. The van der Waals surface area contributed by atoms with Crippen molar-refractivity contribution in [3.8, 4) is 0 Å². The van der Waals surface area contributed by atoms with Crippen molar-refractivity contribution in [1.29, 1.82) is 0 Å². The van der Waals surface area contributed by atoms with E-state index < -0.39 is 10.0 Å². The van der Waals surface area contributed by atoms with Gasteiger partial charge in [-0.15, -0.1) is 0 Å². The van der Waals surface area contributed by atoms with Crippen LogP contribution in [0.5, 0.6) is 0 Å². The molecular weight excluding hydrogens is 260 g/mol. The second-order valence-electron chi connectivity index (χ2n) is 5.34. The molecule has 1 saturated heterocycles. The van der Waals surface area contributed by atoms with Crippen molar-refractivity contribution in [3.05, 3.63) is 23.8 Å². The molecule has 1 heterocycles. The van der Waals surface area contributed by atoms with Crippen molar-refractivity contribution in [2.75, 3.05) is 5.73 Å². The van der Waals surface area contributed by atoms with Crippen molar-refractivity contribution < 1.29 is 8.42 Å². The number of nitrogens with two attached hydrogens (primary N) is 1. The summed E-state index contributed by atoms with van der Waals surface area (Å²) in [5.41, 5.74) is 7.27. The molecular formula is C14H22N2O2S. The smallest absolute Gasteiger partial charge is 0.243 e. The first-order valence-corrected chi connectivity index (χ1v) is 8.21. The Balaban J connectivity index is 2.43. The van der Waals surface area contributed by atoms with Crippen LogP contribution in [0.2, 0.25) is 0 Å². The normalized spacial score (nSPS) is 24.8. The standard InChI is InChI=1S/C14H22N2O2S/c1-4-12-7-6-11(3)16(12)19(17,18)13-8-5-10(2)14(15)9-13/h5,8-9,11-12H,4,6-7,15H2,1-3H3. The summed E-state index contributed by atoms with van der Waals surface area (Å²) >= 11 is 0. The van der Waals surface area contributed by atoms with Gasteiger partial charge in [0.15, 0.2) is 0 Å². The van der Waals surface area contributed by atoms with Crippen LogP contribution in [0.3, 0.4) is 0 Å². The minimum absolute atomic E-state index is 0.0671. The summed E-state index contributed by atoms with van der Waals surface area (Å²) in [6.07, 6.45) is 2.72. The van der Waals surface area contributed by atoms with Crippen LogP contribution in [-0.4, -0.2) is 24.8 Å². The zero-order valence-electron chi connectivity index (χ0n) is 11.8. The van der Waals surface area contributed by atoms with Gasteiger partial charge in [0.2, 0.25) is 10.0 Å². The lowest BCUT2D eigenvalue weighted by molar-refractivity contribution is 0.329. The zero-order chi connectivity index (χ0) is 14.2. The van der Waals surface area contributed by atoms with Gasteiger partial charge in [-0.25, -0.2) is 8.42 Å². The van der Waals surface area contributed by atoms with E-state index in [1.807, 2.05) is 20.8 Å². The lowest BCUT2D eigenvalue weighted by Gasteiger charge is -2.27. The number of sulfonamides is 1. The Morgan fingerprint density at radius 3 is 2.63 bits per heavy atom. The van der Waals surface area contributed by atoms with E-state index >= 15 is 0 Å². The maximum atomic E-state index is 12.7. The Morgan fingerprint density at radius 1 is 1.37 bits per heavy atom. The van der Waals surface area contributed by atoms with E-state index in [4.69, 9.17) is 5.73 Å². The van der Waals surface area contributed by atoms with Gasteiger partial charge in [0, 0.05) is 17.8 Å². The molecule has 2 rings (SSSR count). The molecule has 0 aromatic heterocycles. The lowest BCUT2D eigenvalue weighted by atomic mass is 10.2. The molecule has 106 valence electrons. The topological polar surface area (TPSA) is 63.4 Å². The second kappa shape index (κ2) is 5.13. The van der Waals surface area contributed by atoms with Gasteiger partial charge in [0.1, 0.15) is 0 Å². The van der Waals surface area contributed by atoms with E-state index in [1.165, 1.54) is 0 Å². The Morgan fingerprint density at radius 2 is 2.05 bits per heavy atom. The Kier molecular flexibility index (Phi) is 3.87. The lowest BCUT2D eigenvalue weighted by Crippen LogP contribution is -2.39. The third kappa shape index (κ3) is 2.49. The van der Waals surface area contributed by atoms with Crippen LogP contribution in [-0.2, 0) is 10.0 Å². The number of hydrogen-bond donors (Lipinski definition) is 1. The third-order valence-electron chi connectivity index (χ3n) is 4.01. The molecule has 2 N–H and O–H groups in total. The van der Waals surface area contributed by atoms with E-state index in [9.17, 15) is 8.42 Å². The molecule has 1 fully saturated rings. The van der Waals surface area contributed by atoms with Gasteiger partial charge < -0.3 is 5.73 Å². The van der Waals surface area contributed by atoms with Gasteiger partial charge in [0.25, 0.3) is 0 Å². The van der Waals surface area contributed by atoms with E-state index in [0.29, 0.717) is 10.6 Å². The summed E-state index contributed by atoms with van der Waals surface area (Å²) in [4.78, 5) is 0.308. The highest BCUT2D eigenvalue weighted by Gasteiger charge is 2.39. The van der Waals surface area contributed by atoms with Crippen LogP contribution in [0.15, 0.2) is 23.1 Å². The Bertz CT molecular complexity index is 569. The average Bonchev–Trinajstić information content (AvgIpc) is 2.74. The van der Waals surface area contributed by atoms with Gasteiger partial charge in [-0.2, -0.15) is 4.31 Å². The molecule has 0 saturated carbocycles. The molecule has 1 aromatic carbocycles. The van der Waals surface area contributed by atoms with Crippen molar-refractivity contribution in [2.24, 2.45) is 0 Å². The second-order valence-corrected chi connectivity index (χ2v) is 7.18. The zero-order valence-corrected chi connectivity index (χ0v) is 12.6. The summed E-state index contributed by atoms with van der Waals surface area (Å²) in [5, 5.41) is 0. The fourth-order valence-corrected chi connectivity index (χ4v) is 4.75. The largest absolute Gasteiger partial charge is 0.398 e. The summed E-state index contributed by atoms with van der Waals surface area (Å²) in [6.45, 7) is 5.89. The predicted molar refractivity (Wildman–Crippen MR) is 77.4 cm³/mol. The van der Waals surface area contributed by atoms with Crippen molar-refractivity contribution in [2.45, 2.75) is 57.0 Å². The number of anilines is 1. The maximum absolute atomic E-state index is 12.7. The molecule has 0 bridgehead atoms. The van der Waals surface area contributed by atoms with E-state index in [-0.39, 0.29) is 12.1 Å². The van der Waals surface area contributed by atoms with Gasteiger partial charge in [-0.05, 0) is 50.8 Å². The number of benzene rings is 1. The summed E-state index contributed by atoms with van der Waals surface area (Å²) in [6, 6.07) is 5.17. The van der Waals surface area contributed by atoms with Crippen LogP contribution >= 0.6 is 0 Å². The first-order valence-electron chi connectivity index (χ1n) is 6.77. The highest BCUT2D eigenvalue weighted by molar-refractivity contribution is 7.89. The van der Waals surface area contributed by atoms with Crippen molar-refractivity contribution in [1.82, 2.24) is 4.31 Å².